The van der Waals surface area contributed by atoms with Gasteiger partial charge in [-0.1, -0.05) is 18.6 Å². The van der Waals surface area contributed by atoms with Crippen molar-refractivity contribution in [1.82, 2.24) is 0 Å². The highest BCUT2D eigenvalue weighted by Gasteiger charge is 2.43. The van der Waals surface area contributed by atoms with E-state index in [1.807, 2.05) is 0 Å². The fraction of sp³-hybridized carbons (Fsp3) is 0.462. The summed E-state index contributed by atoms with van der Waals surface area (Å²) in [7, 11) is -3.24. The Morgan fingerprint density at radius 2 is 1.83 bits per heavy atom. The summed E-state index contributed by atoms with van der Waals surface area (Å²) in [5.74, 6) is -0.0868. The highest BCUT2D eigenvalue weighted by molar-refractivity contribution is 7.90. The Bertz CT molecular complexity index is 548. The van der Waals surface area contributed by atoms with Gasteiger partial charge in [-0.05, 0) is 25.0 Å². The van der Waals surface area contributed by atoms with Gasteiger partial charge in [0.05, 0.1) is 16.9 Å². The Morgan fingerprint density at radius 3 is 2.17 bits per heavy atom. The summed E-state index contributed by atoms with van der Waals surface area (Å²) in [5.41, 5.74) is -0.164. The lowest BCUT2D eigenvalue weighted by Crippen LogP contribution is -2.41. The van der Waals surface area contributed by atoms with Gasteiger partial charge in [-0.15, -0.1) is 0 Å². The molecule has 0 aromatic heterocycles. The lowest BCUT2D eigenvalue weighted by atomic mass is 9.65. The second kappa shape index (κ2) is 4.48. The molecule has 1 aliphatic rings. The smallest absolute Gasteiger partial charge is 0.175 e. The molecule has 1 fully saturated rings. The molecular weight excluding hydrogens is 252 g/mol. The minimum absolute atomic E-state index is 0.0868. The lowest BCUT2D eigenvalue weighted by Gasteiger charge is -2.38. The zero-order valence-corrected chi connectivity index (χ0v) is 11.0. The van der Waals surface area contributed by atoms with Gasteiger partial charge in [-0.2, -0.15) is 0 Å². The molecule has 0 saturated heterocycles. The van der Waals surface area contributed by atoms with E-state index in [0.29, 0.717) is 18.4 Å². The SMILES string of the molecule is CS(=O)(=O)c1ccc(C(=O)C2(CO)CCC2)cc1. The zero-order chi connectivity index (χ0) is 13.4. The van der Waals surface area contributed by atoms with Crippen molar-refractivity contribution >= 4 is 15.6 Å². The van der Waals surface area contributed by atoms with Crippen molar-refractivity contribution in [3.05, 3.63) is 29.8 Å². The van der Waals surface area contributed by atoms with Crippen LogP contribution in [0.1, 0.15) is 29.6 Å². The maximum atomic E-state index is 12.2. The maximum absolute atomic E-state index is 12.2. The third-order valence-corrected chi connectivity index (χ3v) is 4.77. The van der Waals surface area contributed by atoms with Gasteiger partial charge in [0.25, 0.3) is 0 Å². The fourth-order valence-electron chi connectivity index (χ4n) is 2.22. The average Bonchev–Trinajstić information content (AvgIpc) is 2.27. The molecule has 0 radical (unpaired) electrons. The molecule has 0 amide bonds. The van der Waals surface area contributed by atoms with Gasteiger partial charge < -0.3 is 5.11 Å². The number of ketones is 1. The van der Waals surface area contributed by atoms with Crippen molar-refractivity contribution in [3.8, 4) is 0 Å². The molecule has 2 rings (SSSR count). The number of Topliss-reactive ketones (excluding diaryl/α,β-unsaturated/α-hetero) is 1. The van der Waals surface area contributed by atoms with Crippen LogP contribution in [-0.4, -0.2) is 32.2 Å². The van der Waals surface area contributed by atoms with Crippen molar-refractivity contribution in [3.63, 3.8) is 0 Å². The van der Waals surface area contributed by atoms with E-state index >= 15 is 0 Å². The predicted octanol–water partition coefficient (Wildman–Crippen LogP) is 1.44. The molecule has 0 atom stereocenters. The molecule has 0 bridgehead atoms. The summed E-state index contributed by atoms with van der Waals surface area (Å²) in [6.45, 7) is -0.139. The Balaban J connectivity index is 2.28. The molecule has 0 unspecified atom stereocenters. The van der Waals surface area contributed by atoms with Gasteiger partial charge in [0.1, 0.15) is 0 Å². The van der Waals surface area contributed by atoms with E-state index in [1.165, 1.54) is 24.3 Å². The Morgan fingerprint density at radius 1 is 1.28 bits per heavy atom. The van der Waals surface area contributed by atoms with Crippen LogP contribution in [0.15, 0.2) is 29.2 Å². The summed E-state index contributed by atoms with van der Waals surface area (Å²) in [6, 6.07) is 5.92. The highest BCUT2D eigenvalue weighted by Crippen LogP contribution is 2.43. The van der Waals surface area contributed by atoms with Crippen LogP contribution in [-0.2, 0) is 9.84 Å². The van der Waals surface area contributed by atoms with Crippen LogP contribution in [0.4, 0.5) is 0 Å². The zero-order valence-electron chi connectivity index (χ0n) is 10.2. The lowest BCUT2D eigenvalue weighted by molar-refractivity contribution is 0.0348. The number of aliphatic hydroxyl groups is 1. The highest BCUT2D eigenvalue weighted by atomic mass is 32.2. The molecule has 1 saturated carbocycles. The van der Waals surface area contributed by atoms with Crippen LogP contribution < -0.4 is 0 Å². The van der Waals surface area contributed by atoms with Gasteiger partial charge in [0, 0.05) is 11.8 Å². The molecule has 0 spiro atoms. The molecule has 1 N–H and O–H groups in total. The topological polar surface area (TPSA) is 71.4 Å². The van der Waals surface area contributed by atoms with Crippen molar-refractivity contribution in [1.29, 1.82) is 0 Å². The van der Waals surface area contributed by atoms with Crippen LogP contribution in [0, 0.1) is 5.41 Å². The Labute approximate surface area is 107 Å². The van der Waals surface area contributed by atoms with Crippen LogP contribution in [0.2, 0.25) is 0 Å². The van der Waals surface area contributed by atoms with E-state index in [4.69, 9.17) is 0 Å². The quantitative estimate of drug-likeness (QED) is 0.839. The normalized spacial score (nSPS) is 18.1. The van der Waals surface area contributed by atoms with Crippen molar-refractivity contribution in [2.24, 2.45) is 5.41 Å². The van der Waals surface area contributed by atoms with Crippen LogP contribution in [0.3, 0.4) is 0 Å². The van der Waals surface area contributed by atoms with E-state index in [1.54, 1.807) is 0 Å². The van der Waals surface area contributed by atoms with E-state index in [-0.39, 0.29) is 17.3 Å². The molecular formula is C13H16O4S. The standard InChI is InChI=1S/C13H16O4S/c1-18(16,17)11-5-3-10(4-6-11)12(15)13(9-14)7-2-8-13/h3-6,14H,2,7-9H2,1H3. The van der Waals surface area contributed by atoms with Crippen molar-refractivity contribution < 1.29 is 18.3 Å². The summed E-state index contributed by atoms with van der Waals surface area (Å²) in [4.78, 5) is 12.4. The van der Waals surface area contributed by atoms with Gasteiger partial charge in [0.15, 0.2) is 15.6 Å². The molecule has 98 valence electrons. The van der Waals surface area contributed by atoms with Crippen LogP contribution in [0.25, 0.3) is 0 Å². The summed E-state index contributed by atoms with van der Waals surface area (Å²) < 4.78 is 22.6. The molecule has 0 aliphatic heterocycles. The molecule has 4 nitrogen and oxygen atoms in total. The number of hydrogen-bond acceptors (Lipinski definition) is 4. The van der Waals surface area contributed by atoms with Gasteiger partial charge >= 0.3 is 0 Å². The monoisotopic (exact) mass is 268 g/mol. The largest absolute Gasteiger partial charge is 0.395 e. The molecule has 5 heteroatoms. The summed E-state index contributed by atoms with van der Waals surface area (Å²) in [6.07, 6.45) is 3.49. The Hall–Kier alpha value is -1.20. The number of hydrogen-bond donors (Lipinski definition) is 1. The molecule has 18 heavy (non-hydrogen) atoms. The molecule has 1 aromatic rings. The third-order valence-electron chi connectivity index (χ3n) is 3.64. The first kappa shape index (κ1) is 13.2. The fourth-order valence-corrected chi connectivity index (χ4v) is 2.85. The van der Waals surface area contributed by atoms with E-state index in [9.17, 15) is 18.3 Å². The second-order valence-corrected chi connectivity index (χ2v) is 6.93. The number of carbonyl (C=O) groups excluding carboxylic acids is 1. The second-order valence-electron chi connectivity index (χ2n) is 4.92. The van der Waals surface area contributed by atoms with E-state index in [2.05, 4.69) is 0 Å². The molecule has 0 heterocycles. The average molecular weight is 268 g/mol. The summed E-state index contributed by atoms with van der Waals surface area (Å²) in [5, 5.41) is 9.34. The maximum Gasteiger partial charge on any atom is 0.175 e. The van der Waals surface area contributed by atoms with Gasteiger partial charge in [-0.3, -0.25) is 4.79 Å². The first-order valence-corrected chi connectivity index (χ1v) is 7.74. The van der Waals surface area contributed by atoms with Gasteiger partial charge in [-0.25, -0.2) is 8.42 Å². The van der Waals surface area contributed by atoms with E-state index < -0.39 is 15.3 Å². The van der Waals surface area contributed by atoms with Crippen LogP contribution in [0.5, 0.6) is 0 Å². The number of sulfone groups is 1. The summed E-state index contributed by atoms with van der Waals surface area (Å²) >= 11 is 0. The Kier molecular flexibility index (Phi) is 3.29. The third kappa shape index (κ3) is 2.20. The van der Waals surface area contributed by atoms with Crippen molar-refractivity contribution in [2.45, 2.75) is 24.2 Å². The minimum Gasteiger partial charge on any atom is -0.395 e. The number of rotatable bonds is 4. The van der Waals surface area contributed by atoms with Gasteiger partial charge in [0.2, 0.25) is 0 Å². The predicted molar refractivity (Wildman–Crippen MR) is 67.3 cm³/mol. The number of carbonyl (C=O) groups is 1. The van der Waals surface area contributed by atoms with Crippen molar-refractivity contribution in [2.75, 3.05) is 12.9 Å². The number of benzene rings is 1. The first-order valence-electron chi connectivity index (χ1n) is 5.85. The number of aliphatic hydroxyl groups excluding tert-OH is 1. The van der Waals surface area contributed by atoms with Crippen LogP contribution >= 0.6 is 0 Å². The minimum atomic E-state index is -3.24. The first-order chi connectivity index (χ1) is 8.39. The molecule has 1 aliphatic carbocycles. The molecule has 1 aromatic carbocycles. The van der Waals surface area contributed by atoms with E-state index in [0.717, 1.165) is 12.7 Å².